The predicted octanol–water partition coefficient (Wildman–Crippen LogP) is 2.84. The Balaban J connectivity index is 1.95. The third-order valence-electron chi connectivity index (χ3n) is 3.21. The van der Waals surface area contributed by atoms with Crippen LogP contribution in [0.15, 0.2) is 65.6 Å². The zero-order valence-corrected chi connectivity index (χ0v) is 12.9. The number of hydrogen-bond donors (Lipinski definition) is 0. The third-order valence-corrected chi connectivity index (χ3v) is 4.57. The fourth-order valence-electron chi connectivity index (χ4n) is 2.03. The summed E-state index contributed by atoms with van der Waals surface area (Å²) < 4.78 is 12.2. The molecule has 0 N–H and O–H groups in total. The summed E-state index contributed by atoms with van der Waals surface area (Å²) in [6, 6.07) is 19.2. The fraction of sp³-hybridized carbons (Fsp3) is 0.235. The van der Waals surface area contributed by atoms with E-state index in [2.05, 4.69) is 0 Å². The summed E-state index contributed by atoms with van der Waals surface area (Å²) in [6.07, 6.45) is 0. The maximum absolute atomic E-state index is 12.2. The summed E-state index contributed by atoms with van der Waals surface area (Å²) in [5, 5.41) is 0. The lowest BCUT2D eigenvalue weighted by molar-refractivity contribution is -0.129. The van der Waals surface area contributed by atoms with Gasteiger partial charge in [-0.15, -0.1) is 0 Å². The van der Waals surface area contributed by atoms with E-state index in [4.69, 9.17) is 0 Å². The minimum absolute atomic E-state index is 0.00362. The van der Waals surface area contributed by atoms with E-state index in [0.29, 0.717) is 18.8 Å². The molecule has 0 heterocycles. The highest BCUT2D eigenvalue weighted by atomic mass is 32.2. The molecular formula is C17H19NO2S. The third kappa shape index (κ3) is 4.83. The van der Waals surface area contributed by atoms with Gasteiger partial charge in [-0.1, -0.05) is 48.5 Å². The van der Waals surface area contributed by atoms with Crippen molar-refractivity contribution in [3.63, 3.8) is 0 Å². The van der Waals surface area contributed by atoms with Crippen molar-refractivity contribution in [1.82, 2.24) is 4.90 Å². The zero-order valence-electron chi connectivity index (χ0n) is 12.1. The molecule has 110 valence electrons. The molecule has 0 spiro atoms. The van der Waals surface area contributed by atoms with E-state index in [0.717, 1.165) is 10.5 Å². The molecule has 2 rings (SSSR count). The van der Waals surface area contributed by atoms with Gasteiger partial charge in [0.1, 0.15) is 0 Å². The number of nitrogens with zero attached hydrogens (tertiary/aromatic N) is 1. The molecule has 21 heavy (non-hydrogen) atoms. The first-order valence-corrected chi connectivity index (χ1v) is 8.21. The van der Waals surface area contributed by atoms with Crippen LogP contribution in [0, 0.1) is 0 Å². The molecule has 0 radical (unpaired) electrons. The van der Waals surface area contributed by atoms with Gasteiger partial charge in [-0.3, -0.25) is 9.00 Å². The van der Waals surface area contributed by atoms with E-state index in [9.17, 15) is 9.00 Å². The van der Waals surface area contributed by atoms with Gasteiger partial charge in [-0.25, -0.2) is 0 Å². The summed E-state index contributed by atoms with van der Waals surface area (Å²) >= 11 is 0. The first kappa shape index (κ1) is 15.4. The molecule has 0 aromatic heterocycles. The predicted molar refractivity (Wildman–Crippen MR) is 85.3 cm³/mol. The van der Waals surface area contributed by atoms with Gasteiger partial charge in [0.2, 0.25) is 5.91 Å². The second-order valence-electron chi connectivity index (χ2n) is 4.79. The number of hydrogen-bond acceptors (Lipinski definition) is 2. The summed E-state index contributed by atoms with van der Waals surface area (Å²) in [7, 11) is -1.07. The maximum Gasteiger partial charge on any atom is 0.219 e. The smallest absolute Gasteiger partial charge is 0.219 e. The van der Waals surface area contributed by atoms with E-state index in [1.54, 1.807) is 11.8 Å². The Labute approximate surface area is 128 Å². The Kier molecular flexibility index (Phi) is 5.69. The molecule has 3 nitrogen and oxygen atoms in total. The second kappa shape index (κ2) is 7.74. The van der Waals surface area contributed by atoms with Crippen molar-refractivity contribution >= 4 is 16.7 Å². The van der Waals surface area contributed by atoms with Crippen molar-refractivity contribution in [2.45, 2.75) is 18.4 Å². The molecule has 0 bridgehead atoms. The Morgan fingerprint density at radius 3 is 2.14 bits per heavy atom. The van der Waals surface area contributed by atoms with Crippen LogP contribution in [0.2, 0.25) is 0 Å². The highest BCUT2D eigenvalue weighted by Gasteiger charge is 2.12. The molecular weight excluding hydrogens is 282 g/mol. The number of amides is 1. The van der Waals surface area contributed by atoms with Gasteiger partial charge in [-0.2, -0.15) is 0 Å². The van der Waals surface area contributed by atoms with E-state index in [1.807, 2.05) is 60.7 Å². The van der Waals surface area contributed by atoms with Crippen LogP contribution < -0.4 is 0 Å². The molecule has 2 aromatic carbocycles. The van der Waals surface area contributed by atoms with Crippen molar-refractivity contribution in [2.75, 3.05) is 12.3 Å². The average molecular weight is 301 g/mol. The topological polar surface area (TPSA) is 37.4 Å². The molecule has 0 saturated carbocycles. The molecule has 0 aliphatic carbocycles. The zero-order chi connectivity index (χ0) is 15.1. The van der Waals surface area contributed by atoms with E-state index in [-0.39, 0.29) is 5.91 Å². The SMILES string of the molecule is CC(=O)N(CCS(=O)c1ccccc1)Cc1ccccc1. The molecule has 1 atom stereocenters. The molecule has 2 aromatic rings. The van der Waals surface area contributed by atoms with Gasteiger partial charge < -0.3 is 4.90 Å². The summed E-state index contributed by atoms with van der Waals surface area (Å²) in [4.78, 5) is 14.3. The van der Waals surface area contributed by atoms with Gasteiger partial charge in [0.25, 0.3) is 0 Å². The molecule has 0 saturated heterocycles. The normalized spacial score (nSPS) is 11.9. The van der Waals surface area contributed by atoms with Gasteiger partial charge in [0, 0.05) is 30.7 Å². The van der Waals surface area contributed by atoms with Crippen molar-refractivity contribution in [1.29, 1.82) is 0 Å². The van der Waals surface area contributed by atoms with Gasteiger partial charge in [-0.05, 0) is 17.7 Å². The average Bonchev–Trinajstić information content (AvgIpc) is 2.52. The van der Waals surface area contributed by atoms with Crippen LogP contribution in [0.1, 0.15) is 12.5 Å². The van der Waals surface area contributed by atoms with Gasteiger partial charge in [0.15, 0.2) is 0 Å². The monoisotopic (exact) mass is 301 g/mol. The van der Waals surface area contributed by atoms with Crippen molar-refractivity contribution < 1.29 is 9.00 Å². The Morgan fingerprint density at radius 2 is 1.57 bits per heavy atom. The lowest BCUT2D eigenvalue weighted by Crippen LogP contribution is -2.31. The van der Waals surface area contributed by atoms with E-state index < -0.39 is 10.8 Å². The Morgan fingerprint density at radius 1 is 1.00 bits per heavy atom. The summed E-state index contributed by atoms with van der Waals surface area (Å²) in [6.45, 7) is 2.60. The molecule has 1 amide bonds. The van der Waals surface area contributed by atoms with Gasteiger partial charge >= 0.3 is 0 Å². The standard InChI is InChI=1S/C17H19NO2S/c1-15(19)18(14-16-8-4-2-5-9-16)12-13-21(20)17-10-6-3-7-11-17/h2-11H,12-14H2,1H3. The highest BCUT2D eigenvalue weighted by molar-refractivity contribution is 7.85. The summed E-state index contributed by atoms with van der Waals surface area (Å²) in [5.41, 5.74) is 1.08. The van der Waals surface area contributed by atoms with Crippen molar-refractivity contribution in [3.8, 4) is 0 Å². The van der Waals surface area contributed by atoms with Crippen LogP contribution in [0.4, 0.5) is 0 Å². The minimum Gasteiger partial charge on any atom is -0.338 e. The first-order valence-electron chi connectivity index (χ1n) is 6.89. The quantitative estimate of drug-likeness (QED) is 0.823. The van der Waals surface area contributed by atoms with Crippen molar-refractivity contribution in [3.05, 3.63) is 66.2 Å². The number of benzene rings is 2. The molecule has 0 aliphatic heterocycles. The molecule has 4 heteroatoms. The number of carbonyl (C=O) groups excluding carboxylic acids is 1. The van der Waals surface area contributed by atoms with Crippen LogP contribution >= 0.6 is 0 Å². The van der Waals surface area contributed by atoms with E-state index >= 15 is 0 Å². The van der Waals surface area contributed by atoms with Crippen LogP contribution in [-0.2, 0) is 22.1 Å². The van der Waals surface area contributed by atoms with Crippen LogP contribution in [0.5, 0.6) is 0 Å². The molecule has 1 unspecified atom stereocenters. The number of rotatable bonds is 6. The van der Waals surface area contributed by atoms with E-state index in [1.165, 1.54) is 0 Å². The van der Waals surface area contributed by atoms with Crippen molar-refractivity contribution in [2.24, 2.45) is 0 Å². The second-order valence-corrected chi connectivity index (χ2v) is 6.36. The Bertz CT molecular complexity index is 599. The molecule has 0 aliphatic rings. The van der Waals surface area contributed by atoms with Gasteiger partial charge in [0.05, 0.1) is 10.8 Å². The summed E-state index contributed by atoms with van der Waals surface area (Å²) in [5.74, 6) is 0.458. The van der Waals surface area contributed by atoms with Crippen LogP contribution in [0.25, 0.3) is 0 Å². The highest BCUT2D eigenvalue weighted by Crippen LogP contribution is 2.08. The maximum atomic E-state index is 12.2. The Hall–Kier alpha value is -1.94. The molecule has 0 fully saturated rings. The van der Waals surface area contributed by atoms with Crippen LogP contribution in [0.3, 0.4) is 0 Å². The number of carbonyl (C=O) groups is 1. The fourth-order valence-corrected chi connectivity index (χ4v) is 3.12. The lowest BCUT2D eigenvalue weighted by Gasteiger charge is -2.21. The first-order chi connectivity index (χ1) is 10.2. The minimum atomic E-state index is -1.07. The lowest BCUT2D eigenvalue weighted by atomic mass is 10.2. The van der Waals surface area contributed by atoms with Crippen LogP contribution in [-0.4, -0.2) is 27.3 Å². The largest absolute Gasteiger partial charge is 0.338 e.